The Bertz CT molecular complexity index is 1020. The van der Waals surface area contributed by atoms with Gasteiger partial charge in [-0.15, -0.1) is 0 Å². The molecule has 0 radical (unpaired) electrons. The van der Waals surface area contributed by atoms with Crippen LogP contribution in [0.3, 0.4) is 0 Å². The van der Waals surface area contributed by atoms with Crippen LogP contribution in [0, 0.1) is 0 Å². The molecule has 4 rings (SSSR count). The van der Waals surface area contributed by atoms with Crippen LogP contribution in [0.15, 0.2) is 46.9 Å². The van der Waals surface area contributed by atoms with Crippen LogP contribution in [0.1, 0.15) is 0 Å². The first-order valence-corrected chi connectivity index (χ1v) is 9.51. The Morgan fingerprint density at radius 3 is 2.43 bits per heavy atom. The molecule has 0 amide bonds. The summed E-state index contributed by atoms with van der Waals surface area (Å²) in [6.07, 6.45) is -6.77. The third kappa shape index (κ3) is 3.22. The third-order valence-corrected chi connectivity index (χ3v) is 5.59. The zero-order valence-electron chi connectivity index (χ0n) is 14.6. The van der Waals surface area contributed by atoms with Gasteiger partial charge in [0.15, 0.2) is 0 Å². The van der Waals surface area contributed by atoms with Crippen molar-refractivity contribution in [3.63, 3.8) is 0 Å². The average Bonchev–Trinajstić information content (AvgIpc) is 2.68. The van der Waals surface area contributed by atoms with E-state index in [9.17, 15) is 25.5 Å². The van der Waals surface area contributed by atoms with Gasteiger partial charge in [-0.2, -0.15) is 0 Å². The molecule has 1 aliphatic rings. The molecule has 8 heteroatoms. The predicted molar refractivity (Wildman–Crippen MR) is 105 cm³/mol. The van der Waals surface area contributed by atoms with Gasteiger partial charge in [-0.05, 0) is 44.9 Å². The Hall–Kier alpha value is -1.94. The molecule has 3 aromatic carbocycles. The van der Waals surface area contributed by atoms with Gasteiger partial charge in [0, 0.05) is 15.2 Å². The Labute approximate surface area is 168 Å². The highest BCUT2D eigenvalue weighted by molar-refractivity contribution is 9.10. The minimum absolute atomic E-state index is 0.159. The second-order valence-electron chi connectivity index (χ2n) is 6.76. The Morgan fingerprint density at radius 2 is 1.68 bits per heavy atom. The summed E-state index contributed by atoms with van der Waals surface area (Å²) < 4.78 is 11.8. The van der Waals surface area contributed by atoms with E-state index in [4.69, 9.17) is 9.47 Å². The van der Waals surface area contributed by atoms with E-state index in [-0.39, 0.29) is 5.75 Å². The molecule has 0 bridgehead atoms. The molecule has 1 saturated heterocycles. The first kappa shape index (κ1) is 19.4. The molecule has 0 unspecified atom stereocenters. The summed E-state index contributed by atoms with van der Waals surface area (Å²) in [5.41, 5.74) is 0. The number of ether oxygens (including phenoxy) is 2. The van der Waals surface area contributed by atoms with Gasteiger partial charge in [0.05, 0.1) is 6.61 Å². The number of rotatable bonds is 3. The van der Waals surface area contributed by atoms with E-state index >= 15 is 0 Å². The van der Waals surface area contributed by atoms with Crippen molar-refractivity contribution in [1.29, 1.82) is 0 Å². The highest BCUT2D eigenvalue weighted by Gasteiger charge is 2.44. The van der Waals surface area contributed by atoms with E-state index in [0.29, 0.717) is 15.6 Å². The topological polar surface area (TPSA) is 120 Å². The van der Waals surface area contributed by atoms with E-state index in [1.54, 1.807) is 24.3 Å². The van der Waals surface area contributed by atoms with Crippen molar-refractivity contribution in [3.8, 4) is 11.5 Å². The summed E-state index contributed by atoms with van der Waals surface area (Å²) in [4.78, 5) is 0. The quantitative estimate of drug-likeness (QED) is 0.384. The van der Waals surface area contributed by atoms with Gasteiger partial charge in [0.2, 0.25) is 6.29 Å². The highest BCUT2D eigenvalue weighted by atomic mass is 79.9. The van der Waals surface area contributed by atoms with Crippen molar-refractivity contribution in [2.45, 2.75) is 30.7 Å². The molecule has 28 heavy (non-hydrogen) atoms. The van der Waals surface area contributed by atoms with Crippen LogP contribution in [-0.2, 0) is 4.74 Å². The number of aliphatic hydroxyl groups excluding tert-OH is 4. The van der Waals surface area contributed by atoms with Gasteiger partial charge in [-0.25, -0.2) is 0 Å². The van der Waals surface area contributed by atoms with E-state index in [0.717, 1.165) is 16.2 Å². The van der Waals surface area contributed by atoms with Crippen LogP contribution in [0.5, 0.6) is 11.5 Å². The summed E-state index contributed by atoms with van der Waals surface area (Å²) in [5, 5.41) is 52.7. The van der Waals surface area contributed by atoms with Crippen molar-refractivity contribution < 1.29 is 35.0 Å². The maximum absolute atomic E-state index is 10.3. The van der Waals surface area contributed by atoms with Crippen LogP contribution in [0.2, 0.25) is 0 Å². The number of hydrogen-bond donors (Lipinski definition) is 5. The van der Waals surface area contributed by atoms with Gasteiger partial charge < -0.3 is 35.0 Å². The Kier molecular flexibility index (Phi) is 5.17. The third-order valence-electron chi connectivity index (χ3n) is 4.96. The van der Waals surface area contributed by atoms with Crippen LogP contribution in [-0.4, -0.2) is 62.8 Å². The second-order valence-corrected chi connectivity index (χ2v) is 7.61. The minimum atomic E-state index is -1.51. The van der Waals surface area contributed by atoms with E-state index in [1.165, 1.54) is 0 Å². The molecule has 1 aliphatic heterocycles. The van der Waals surface area contributed by atoms with E-state index in [2.05, 4.69) is 15.9 Å². The zero-order valence-corrected chi connectivity index (χ0v) is 16.2. The number of fused-ring (bicyclic) bond motifs is 3. The highest BCUT2D eigenvalue weighted by Crippen LogP contribution is 2.39. The van der Waals surface area contributed by atoms with Crippen LogP contribution >= 0.6 is 15.9 Å². The van der Waals surface area contributed by atoms with Crippen molar-refractivity contribution in [3.05, 3.63) is 46.9 Å². The first-order valence-electron chi connectivity index (χ1n) is 8.72. The summed E-state index contributed by atoms with van der Waals surface area (Å²) in [5.74, 6) is 0.505. The molecule has 148 valence electrons. The first-order chi connectivity index (χ1) is 13.4. The molecule has 5 atom stereocenters. The van der Waals surface area contributed by atoms with Gasteiger partial charge in [-0.1, -0.05) is 24.3 Å². The van der Waals surface area contributed by atoms with Crippen molar-refractivity contribution in [1.82, 2.24) is 0 Å². The molecule has 1 heterocycles. The van der Waals surface area contributed by atoms with E-state index < -0.39 is 37.3 Å². The molecule has 0 saturated carbocycles. The molecule has 0 spiro atoms. The maximum Gasteiger partial charge on any atom is 0.229 e. The largest absolute Gasteiger partial charge is 0.507 e. The molecule has 1 fully saturated rings. The number of hydrogen-bond acceptors (Lipinski definition) is 7. The number of aromatic hydroxyl groups is 1. The lowest BCUT2D eigenvalue weighted by Crippen LogP contribution is -2.60. The molecular weight excluding hydrogens is 432 g/mol. The van der Waals surface area contributed by atoms with Gasteiger partial charge in [0.1, 0.15) is 35.9 Å². The lowest BCUT2D eigenvalue weighted by Gasteiger charge is -2.39. The number of benzene rings is 3. The van der Waals surface area contributed by atoms with Crippen LogP contribution in [0.25, 0.3) is 21.5 Å². The Morgan fingerprint density at radius 1 is 0.929 bits per heavy atom. The number of phenols is 1. The molecular formula is C20H19BrO7. The SMILES string of the molecule is OC[C@H]1O[C@@H](Oc2cc(Br)c3c(ccc4cccc(O)c43)c2)[C@H](O)[C@@H](O)[C@@H]1O. The number of phenolic OH excluding ortho intramolecular Hbond substituents is 1. The van der Waals surface area contributed by atoms with E-state index in [1.807, 2.05) is 18.2 Å². The zero-order chi connectivity index (χ0) is 20.0. The number of halogens is 1. The molecule has 0 aliphatic carbocycles. The summed E-state index contributed by atoms with van der Waals surface area (Å²) >= 11 is 3.51. The maximum atomic E-state index is 10.3. The minimum Gasteiger partial charge on any atom is -0.507 e. The van der Waals surface area contributed by atoms with Crippen molar-refractivity contribution >= 4 is 37.5 Å². The standard InChI is InChI=1S/C20H19BrO7/c21-12-7-11(27-20-19(26)18(25)17(24)14(8-22)28-20)6-10-5-4-9-2-1-3-13(23)16(9)15(10)12/h1-7,14,17-20,22-26H,8H2/t14-,17-,18+,19-,20-/m1/s1. The summed E-state index contributed by atoms with van der Waals surface area (Å²) in [6.45, 7) is -0.530. The summed E-state index contributed by atoms with van der Waals surface area (Å²) in [6, 6.07) is 12.4. The Balaban J connectivity index is 1.72. The lowest BCUT2D eigenvalue weighted by molar-refractivity contribution is -0.277. The van der Waals surface area contributed by atoms with Crippen LogP contribution in [0.4, 0.5) is 0 Å². The molecule has 5 N–H and O–H groups in total. The smallest absolute Gasteiger partial charge is 0.229 e. The second kappa shape index (κ2) is 7.47. The average molecular weight is 451 g/mol. The fourth-order valence-electron chi connectivity index (χ4n) is 3.51. The van der Waals surface area contributed by atoms with Gasteiger partial charge >= 0.3 is 0 Å². The van der Waals surface area contributed by atoms with Crippen molar-refractivity contribution in [2.24, 2.45) is 0 Å². The van der Waals surface area contributed by atoms with Crippen molar-refractivity contribution in [2.75, 3.05) is 6.61 Å². The summed E-state index contributed by atoms with van der Waals surface area (Å²) in [7, 11) is 0. The fourth-order valence-corrected chi connectivity index (χ4v) is 4.17. The van der Waals surface area contributed by atoms with Gasteiger partial charge in [-0.3, -0.25) is 0 Å². The lowest BCUT2D eigenvalue weighted by atomic mass is 9.99. The normalized spacial score (nSPS) is 28.0. The van der Waals surface area contributed by atoms with Gasteiger partial charge in [0.25, 0.3) is 0 Å². The molecule has 3 aromatic rings. The predicted octanol–water partition coefficient (Wildman–Crippen LogP) is 1.64. The fraction of sp³-hybridized carbons (Fsp3) is 0.300. The monoisotopic (exact) mass is 450 g/mol. The van der Waals surface area contributed by atoms with Crippen LogP contribution < -0.4 is 4.74 Å². The molecule has 0 aromatic heterocycles. The number of aliphatic hydroxyl groups is 4. The molecule has 7 nitrogen and oxygen atoms in total.